The van der Waals surface area contributed by atoms with Crippen LogP contribution in [0.4, 0.5) is 19.0 Å². The molecule has 0 bridgehead atoms. The maximum Gasteiger partial charge on any atom is 0.426 e. The largest absolute Gasteiger partial charge is 0.426 e. The van der Waals surface area contributed by atoms with Crippen molar-refractivity contribution in [2.24, 2.45) is 17.8 Å². The molecule has 1 aromatic rings. The number of aromatic nitrogens is 1. The van der Waals surface area contributed by atoms with E-state index in [1.165, 1.54) is 9.80 Å². The molecule has 7 nitrogen and oxygen atoms in total. The molecule has 3 rings (SSSR count). The summed E-state index contributed by atoms with van der Waals surface area (Å²) in [5, 5.41) is 10.5. The summed E-state index contributed by atoms with van der Waals surface area (Å²) in [6, 6.07) is 3.49. The number of amides is 2. The van der Waals surface area contributed by atoms with E-state index in [2.05, 4.69) is 9.88 Å². The fourth-order valence-electron chi connectivity index (χ4n) is 5.35. The summed E-state index contributed by atoms with van der Waals surface area (Å²) in [4.78, 5) is 34.1. The highest BCUT2D eigenvalue weighted by Crippen LogP contribution is 2.39. The number of aliphatic hydroxyl groups is 1. The zero-order valence-electron chi connectivity index (χ0n) is 21.3. The topological polar surface area (TPSA) is 77.0 Å². The highest BCUT2D eigenvalue weighted by molar-refractivity contribution is 6.32. The van der Waals surface area contributed by atoms with E-state index >= 15 is 0 Å². The van der Waals surface area contributed by atoms with Crippen molar-refractivity contribution in [2.45, 2.75) is 57.7 Å². The van der Waals surface area contributed by atoms with Gasteiger partial charge < -0.3 is 19.8 Å². The molecule has 1 atom stereocenters. The molecule has 1 aromatic heterocycles. The van der Waals surface area contributed by atoms with E-state index < -0.39 is 30.0 Å². The first-order valence-electron chi connectivity index (χ1n) is 12.5. The third kappa shape index (κ3) is 6.07. The number of carbonyl (C=O) groups is 2. The molecule has 0 aliphatic carbocycles. The number of pyridine rings is 1. The van der Waals surface area contributed by atoms with Crippen molar-refractivity contribution in [1.29, 1.82) is 0 Å². The molecule has 2 aliphatic heterocycles. The van der Waals surface area contributed by atoms with Crippen molar-refractivity contribution < 1.29 is 27.9 Å². The number of halogens is 4. The molecule has 0 radical (unpaired) electrons. The summed E-state index contributed by atoms with van der Waals surface area (Å²) < 4.78 is 40.8. The number of carbonyl (C=O) groups excluding carboxylic acids is 2. The number of nitrogens with zero attached hydrogens (tertiary/aromatic N) is 4. The number of alkyl halides is 3. The minimum absolute atomic E-state index is 0.168. The van der Waals surface area contributed by atoms with Crippen molar-refractivity contribution in [3.05, 3.63) is 22.8 Å². The van der Waals surface area contributed by atoms with Crippen LogP contribution >= 0.6 is 11.6 Å². The zero-order valence-corrected chi connectivity index (χ0v) is 22.1. The predicted octanol–water partition coefficient (Wildman–Crippen LogP) is 4.23. The summed E-state index contributed by atoms with van der Waals surface area (Å²) in [7, 11) is 3.31. The molecular weight excluding hydrogens is 497 g/mol. The molecule has 0 saturated carbocycles. The average molecular weight is 533 g/mol. The van der Waals surface area contributed by atoms with Gasteiger partial charge in [0.05, 0.1) is 5.56 Å². The van der Waals surface area contributed by atoms with Crippen molar-refractivity contribution in [3.8, 4) is 0 Å². The Hall–Kier alpha value is -2.07. The van der Waals surface area contributed by atoms with Crippen LogP contribution in [-0.4, -0.2) is 83.8 Å². The number of rotatable bonds is 6. The summed E-state index contributed by atoms with van der Waals surface area (Å²) in [6.07, 6.45) is -2.61. The van der Waals surface area contributed by atoms with Gasteiger partial charge in [0.2, 0.25) is 5.60 Å². The minimum atomic E-state index is -5.01. The molecule has 202 valence electrons. The van der Waals surface area contributed by atoms with Gasteiger partial charge in [0.1, 0.15) is 11.0 Å². The molecule has 3 heterocycles. The normalized spacial score (nSPS) is 19.9. The van der Waals surface area contributed by atoms with Gasteiger partial charge >= 0.3 is 6.18 Å². The lowest BCUT2D eigenvalue weighted by Crippen LogP contribution is -2.60. The van der Waals surface area contributed by atoms with Crippen molar-refractivity contribution in [3.63, 3.8) is 0 Å². The van der Waals surface area contributed by atoms with E-state index in [1.807, 2.05) is 0 Å². The van der Waals surface area contributed by atoms with Gasteiger partial charge in [-0.2, -0.15) is 13.2 Å². The summed E-state index contributed by atoms with van der Waals surface area (Å²) in [5.74, 6) is -0.475. The van der Waals surface area contributed by atoms with Crippen LogP contribution in [0.1, 0.15) is 56.3 Å². The molecule has 11 heteroatoms. The van der Waals surface area contributed by atoms with Crippen LogP contribution in [0, 0.1) is 17.8 Å². The van der Waals surface area contributed by atoms with Gasteiger partial charge in [0.15, 0.2) is 0 Å². The lowest BCUT2D eigenvalue weighted by Gasteiger charge is -2.42. The monoisotopic (exact) mass is 532 g/mol. The second-order valence-corrected chi connectivity index (χ2v) is 11.0. The lowest BCUT2D eigenvalue weighted by molar-refractivity contribution is -0.261. The third-order valence-electron chi connectivity index (χ3n) is 7.35. The predicted molar refractivity (Wildman–Crippen MR) is 132 cm³/mol. The summed E-state index contributed by atoms with van der Waals surface area (Å²) in [5.41, 5.74) is -2.98. The smallest absolute Gasteiger partial charge is 0.373 e. The zero-order chi connectivity index (χ0) is 26.8. The second-order valence-electron chi connectivity index (χ2n) is 10.6. The van der Waals surface area contributed by atoms with Crippen molar-refractivity contribution in [2.75, 3.05) is 45.2 Å². The van der Waals surface area contributed by atoms with Gasteiger partial charge in [0.25, 0.3) is 11.8 Å². The second kappa shape index (κ2) is 11.1. The van der Waals surface area contributed by atoms with Crippen LogP contribution in [0.2, 0.25) is 5.15 Å². The van der Waals surface area contributed by atoms with E-state index in [9.17, 15) is 27.9 Å². The molecular formula is C25H36ClF3N4O3. The Morgan fingerprint density at radius 3 is 2.06 bits per heavy atom. The Kier molecular flexibility index (Phi) is 8.81. The number of piperidine rings is 2. The Morgan fingerprint density at radius 2 is 1.61 bits per heavy atom. The fraction of sp³-hybridized carbons (Fsp3) is 0.720. The van der Waals surface area contributed by atoms with Crippen molar-refractivity contribution in [1.82, 2.24) is 14.8 Å². The van der Waals surface area contributed by atoms with Crippen molar-refractivity contribution >= 4 is 29.2 Å². The SMILES string of the molecule is CC(C)CC(O)(C(=O)N1CCC(C2CCN(c3ccc(C(=O)N(C)C)c(Cl)n3)CC2)CC1)C(F)(F)F. The summed E-state index contributed by atoms with van der Waals surface area (Å²) >= 11 is 6.26. The van der Waals surface area contributed by atoms with Gasteiger partial charge in [0, 0.05) is 40.3 Å². The maximum absolute atomic E-state index is 13.6. The number of anilines is 1. The van der Waals surface area contributed by atoms with Gasteiger partial charge in [-0.05, 0) is 62.0 Å². The highest BCUT2D eigenvalue weighted by Gasteiger charge is 2.60. The first-order valence-corrected chi connectivity index (χ1v) is 12.8. The average Bonchev–Trinajstić information content (AvgIpc) is 2.82. The molecule has 36 heavy (non-hydrogen) atoms. The Labute approximate surface area is 215 Å². The van der Waals surface area contributed by atoms with Crippen LogP contribution in [0.5, 0.6) is 0 Å². The number of likely N-dealkylation sites (tertiary alicyclic amines) is 1. The third-order valence-corrected chi connectivity index (χ3v) is 7.64. The Morgan fingerprint density at radius 1 is 1.08 bits per heavy atom. The molecule has 2 amide bonds. The van der Waals surface area contributed by atoms with E-state index in [0.717, 1.165) is 25.9 Å². The van der Waals surface area contributed by atoms with E-state index in [4.69, 9.17) is 11.6 Å². The minimum Gasteiger partial charge on any atom is -0.373 e. The quantitative estimate of drug-likeness (QED) is 0.555. The van der Waals surface area contributed by atoms with Gasteiger partial charge in [-0.15, -0.1) is 0 Å². The van der Waals surface area contributed by atoms with Gasteiger partial charge in [-0.1, -0.05) is 25.4 Å². The fourth-order valence-corrected chi connectivity index (χ4v) is 5.58. The summed E-state index contributed by atoms with van der Waals surface area (Å²) in [6.45, 7) is 5.08. The molecule has 2 fully saturated rings. The van der Waals surface area contributed by atoms with Crippen LogP contribution in [0.3, 0.4) is 0 Å². The number of hydrogen-bond donors (Lipinski definition) is 1. The molecule has 0 spiro atoms. The Balaban J connectivity index is 1.55. The standard InChI is InChI=1S/C25H36ClF3N4O3/c1-16(2)15-24(36,25(27,28)29)23(35)33-13-9-18(10-14-33)17-7-11-32(12-8-17)20-6-5-19(21(26)30-20)22(34)31(3)4/h5-6,16-18,36H,7-15H2,1-4H3. The van der Waals surface area contributed by atoms with Gasteiger partial charge in [-0.25, -0.2) is 4.98 Å². The molecule has 2 saturated heterocycles. The molecule has 1 unspecified atom stereocenters. The maximum atomic E-state index is 13.6. The first kappa shape index (κ1) is 28.5. The van der Waals surface area contributed by atoms with Crippen LogP contribution < -0.4 is 4.90 Å². The van der Waals surface area contributed by atoms with Crippen LogP contribution in [0.25, 0.3) is 0 Å². The van der Waals surface area contributed by atoms with Crippen LogP contribution in [-0.2, 0) is 4.79 Å². The Bertz CT molecular complexity index is 943. The molecule has 1 N–H and O–H groups in total. The molecule has 0 aromatic carbocycles. The van der Waals surface area contributed by atoms with E-state index in [0.29, 0.717) is 36.1 Å². The molecule has 2 aliphatic rings. The lowest BCUT2D eigenvalue weighted by atomic mass is 9.78. The first-order chi connectivity index (χ1) is 16.7. The van der Waals surface area contributed by atoms with Crippen LogP contribution in [0.15, 0.2) is 12.1 Å². The van der Waals surface area contributed by atoms with E-state index in [-0.39, 0.29) is 24.1 Å². The van der Waals surface area contributed by atoms with Gasteiger partial charge in [-0.3, -0.25) is 9.59 Å². The van der Waals surface area contributed by atoms with E-state index in [1.54, 1.807) is 40.1 Å². The highest BCUT2D eigenvalue weighted by atomic mass is 35.5. The number of hydrogen-bond acceptors (Lipinski definition) is 5.